The Morgan fingerprint density at radius 2 is 1.82 bits per heavy atom. The minimum absolute atomic E-state index is 0.718. The van der Waals surface area contributed by atoms with Gasteiger partial charge in [0.15, 0.2) is 0 Å². The zero-order valence-corrected chi connectivity index (χ0v) is 11.9. The van der Waals surface area contributed by atoms with Gasteiger partial charge in [-0.25, -0.2) is 0 Å². The minimum atomic E-state index is 0.718. The summed E-state index contributed by atoms with van der Waals surface area (Å²) < 4.78 is 1.13. The van der Waals surface area contributed by atoms with E-state index in [1.54, 1.807) is 0 Å². The Balaban J connectivity index is 2.17. The fourth-order valence-corrected chi connectivity index (χ4v) is 2.14. The molecule has 0 spiro atoms. The Bertz CT molecular complexity index is 507. The van der Waals surface area contributed by atoms with Gasteiger partial charge in [0.1, 0.15) is 0 Å². The molecule has 1 N–H and O–H groups in total. The van der Waals surface area contributed by atoms with Gasteiger partial charge in [0.25, 0.3) is 0 Å². The molecule has 0 aromatic heterocycles. The fraction of sp³-hybridized carbons (Fsp3) is 0.333. The quantitative estimate of drug-likeness (QED) is 0.830. The second-order valence-corrected chi connectivity index (χ2v) is 5.52. The summed E-state index contributed by atoms with van der Waals surface area (Å²) in [6, 6.07) is 12.9. The van der Waals surface area contributed by atoms with Gasteiger partial charge in [0.05, 0.1) is 0 Å². The van der Waals surface area contributed by atoms with E-state index in [1.165, 1.54) is 22.9 Å². The van der Waals surface area contributed by atoms with Crippen molar-refractivity contribution >= 4 is 32.4 Å². The number of hydrogen-bond donors (Lipinski definition) is 1. The van der Waals surface area contributed by atoms with Gasteiger partial charge in [0, 0.05) is 16.7 Å². The van der Waals surface area contributed by atoms with Crippen LogP contribution < -0.4 is 5.32 Å². The number of fused-ring (bicyclic) bond motifs is 1. The third-order valence-corrected chi connectivity index (χ3v) is 3.65. The van der Waals surface area contributed by atoms with Crippen LogP contribution in [0.1, 0.15) is 20.3 Å². The second kappa shape index (κ2) is 5.54. The standard InChI is InChI=1S/C15H18BrN/c1-3-11(2)10-17-15-7-5-12-8-14(16)6-4-13(12)9-15/h4-9,11,17H,3,10H2,1-2H3. The van der Waals surface area contributed by atoms with Crippen molar-refractivity contribution < 1.29 is 0 Å². The van der Waals surface area contributed by atoms with Crippen LogP contribution in [0.3, 0.4) is 0 Å². The van der Waals surface area contributed by atoms with Crippen LogP contribution in [0.15, 0.2) is 40.9 Å². The first kappa shape index (κ1) is 12.4. The average molecular weight is 292 g/mol. The number of rotatable bonds is 4. The van der Waals surface area contributed by atoms with Crippen LogP contribution in [0.5, 0.6) is 0 Å². The number of nitrogens with one attached hydrogen (secondary N) is 1. The molecule has 2 rings (SSSR count). The first-order chi connectivity index (χ1) is 8.19. The molecule has 2 aromatic carbocycles. The summed E-state index contributed by atoms with van der Waals surface area (Å²) in [5.74, 6) is 0.718. The largest absolute Gasteiger partial charge is 0.385 e. The molecule has 0 aliphatic carbocycles. The first-order valence-electron chi connectivity index (χ1n) is 6.12. The van der Waals surface area contributed by atoms with E-state index in [0.717, 1.165) is 16.9 Å². The summed E-state index contributed by atoms with van der Waals surface area (Å²) in [6.45, 7) is 5.54. The maximum absolute atomic E-state index is 3.49. The van der Waals surface area contributed by atoms with Crippen molar-refractivity contribution in [3.8, 4) is 0 Å². The van der Waals surface area contributed by atoms with Crippen molar-refractivity contribution in [1.82, 2.24) is 0 Å². The van der Waals surface area contributed by atoms with E-state index >= 15 is 0 Å². The van der Waals surface area contributed by atoms with Crippen LogP contribution >= 0.6 is 15.9 Å². The Hall–Kier alpha value is -1.02. The molecule has 0 heterocycles. The summed E-state index contributed by atoms with van der Waals surface area (Å²) in [7, 11) is 0. The van der Waals surface area contributed by atoms with Crippen LogP contribution in [-0.4, -0.2) is 6.54 Å². The van der Waals surface area contributed by atoms with E-state index in [4.69, 9.17) is 0 Å². The molecule has 0 fully saturated rings. The molecular weight excluding hydrogens is 274 g/mol. The molecule has 2 aromatic rings. The van der Waals surface area contributed by atoms with E-state index in [2.05, 4.69) is 71.5 Å². The van der Waals surface area contributed by atoms with Crippen LogP contribution in [0.2, 0.25) is 0 Å². The number of hydrogen-bond acceptors (Lipinski definition) is 1. The maximum Gasteiger partial charge on any atom is 0.0346 e. The van der Waals surface area contributed by atoms with E-state index in [-0.39, 0.29) is 0 Å². The topological polar surface area (TPSA) is 12.0 Å². The smallest absolute Gasteiger partial charge is 0.0346 e. The van der Waals surface area contributed by atoms with Crippen molar-refractivity contribution in [1.29, 1.82) is 0 Å². The van der Waals surface area contributed by atoms with Crippen LogP contribution in [0, 0.1) is 5.92 Å². The fourth-order valence-electron chi connectivity index (χ4n) is 1.76. The van der Waals surface area contributed by atoms with Gasteiger partial charge in [-0.1, -0.05) is 48.3 Å². The van der Waals surface area contributed by atoms with E-state index in [9.17, 15) is 0 Å². The summed E-state index contributed by atoms with van der Waals surface area (Å²) in [4.78, 5) is 0. The third-order valence-electron chi connectivity index (χ3n) is 3.15. The van der Waals surface area contributed by atoms with Gasteiger partial charge < -0.3 is 5.32 Å². The van der Waals surface area contributed by atoms with E-state index < -0.39 is 0 Å². The molecular formula is C15H18BrN. The second-order valence-electron chi connectivity index (χ2n) is 4.60. The lowest BCUT2D eigenvalue weighted by Gasteiger charge is -2.12. The highest BCUT2D eigenvalue weighted by atomic mass is 79.9. The number of anilines is 1. The summed E-state index contributed by atoms with van der Waals surface area (Å²) in [6.07, 6.45) is 1.22. The summed E-state index contributed by atoms with van der Waals surface area (Å²) >= 11 is 3.49. The van der Waals surface area contributed by atoms with Crippen LogP contribution in [0.4, 0.5) is 5.69 Å². The zero-order valence-electron chi connectivity index (χ0n) is 10.3. The molecule has 1 nitrogen and oxygen atoms in total. The van der Waals surface area contributed by atoms with Crippen molar-refractivity contribution in [3.63, 3.8) is 0 Å². The monoisotopic (exact) mass is 291 g/mol. The molecule has 1 unspecified atom stereocenters. The molecule has 0 amide bonds. The van der Waals surface area contributed by atoms with Crippen molar-refractivity contribution in [3.05, 3.63) is 40.9 Å². The Labute approximate surface area is 111 Å². The Morgan fingerprint density at radius 3 is 2.59 bits per heavy atom. The highest BCUT2D eigenvalue weighted by Crippen LogP contribution is 2.23. The lowest BCUT2D eigenvalue weighted by molar-refractivity contribution is 0.593. The van der Waals surface area contributed by atoms with Crippen molar-refractivity contribution in [2.24, 2.45) is 5.92 Å². The predicted molar refractivity (Wildman–Crippen MR) is 79.6 cm³/mol. The van der Waals surface area contributed by atoms with E-state index in [1.807, 2.05) is 0 Å². The Kier molecular flexibility index (Phi) is 4.06. The molecule has 17 heavy (non-hydrogen) atoms. The Morgan fingerprint density at radius 1 is 1.12 bits per heavy atom. The first-order valence-corrected chi connectivity index (χ1v) is 6.91. The van der Waals surface area contributed by atoms with E-state index in [0.29, 0.717) is 0 Å². The van der Waals surface area contributed by atoms with Crippen molar-refractivity contribution in [2.75, 3.05) is 11.9 Å². The molecule has 0 saturated heterocycles. The molecule has 0 saturated carbocycles. The van der Waals surface area contributed by atoms with Gasteiger partial charge >= 0.3 is 0 Å². The lowest BCUT2D eigenvalue weighted by Crippen LogP contribution is -2.09. The average Bonchev–Trinajstić information content (AvgIpc) is 2.35. The lowest BCUT2D eigenvalue weighted by atomic mass is 10.1. The predicted octanol–water partition coefficient (Wildman–Crippen LogP) is 5.06. The normalized spacial score (nSPS) is 12.6. The van der Waals surface area contributed by atoms with Crippen LogP contribution in [-0.2, 0) is 0 Å². The van der Waals surface area contributed by atoms with Gasteiger partial charge in [-0.15, -0.1) is 0 Å². The van der Waals surface area contributed by atoms with Gasteiger partial charge in [0.2, 0.25) is 0 Å². The highest BCUT2D eigenvalue weighted by molar-refractivity contribution is 9.10. The van der Waals surface area contributed by atoms with Gasteiger partial charge in [-0.05, 0) is 41.0 Å². The van der Waals surface area contributed by atoms with Crippen LogP contribution in [0.25, 0.3) is 10.8 Å². The highest BCUT2D eigenvalue weighted by Gasteiger charge is 2.00. The van der Waals surface area contributed by atoms with Crippen molar-refractivity contribution in [2.45, 2.75) is 20.3 Å². The zero-order chi connectivity index (χ0) is 12.3. The number of halogens is 1. The maximum atomic E-state index is 3.49. The molecule has 0 bridgehead atoms. The molecule has 0 aliphatic rings. The molecule has 0 aliphatic heterocycles. The van der Waals surface area contributed by atoms with Gasteiger partial charge in [-0.2, -0.15) is 0 Å². The minimum Gasteiger partial charge on any atom is -0.385 e. The third kappa shape index (κ3) is 3.22. The molecule has 2 heteroatoms. The summed E-state index contributed by atoms with van der Waals surface area (Å²) in [5.41, 5.74) is 1.21. The molecule has 90 valence electrons. The molecule has 0 radical (unpaired) electrons. The van der Waals surface area contributed by atoms with Gasteiger partial charge in [-0.3, -0.25) is 0 Å². The number of benzene rings is 2. The molecule has 1 atom stereocenters. The summed E-state index contributed by atoms with van der Waals surface area (Å²) in [5, 5.41) is 6.04. The SMILES string of the molecule is CCC(C)CNc1ccc2cc(Br)ccc2c1.